The van der Waals surface area contributed by atoms with E-state index in [2.05, 4.69) is 0 Å². The number of carbonyl (C=O) groups is 1. The highest BCUT2D eigenvalue weighted by atomic mass is 16.2. The van der Waals surface area contributed by atoms with Crippen molar-refractivity contribution < 1.29 is 4.79 Å². The fraction of sp³-hybridized carbons (Fsp3) is 0.800. The molecule has 1 saturated heterocycles. The van der Waals surface area contributed by atoms with Crippen molar-refractivity contribution in [2.45, 2.75) is 12.5 Å². The van der Waals surface area contributed by atoms with Crippen molar-refractivity contribution in [3.8, 4) is 0 Å². The van der Waals surface area contributed by atoms with E-state index in [0.717, 1.165) is 13.0 Å². The number of hydrogen-bond donors (Lipinski definition) is 2. The van der Waals surface area contributed by atoms with Crippen molar-refractivity contribution in [3.05, 3.63) is 0 Å². The van der Waals surface area contributed by atoms with E-state index in [9.17, 15) is 4.79 Å². The summed E-state index contributed by atoms with van der Waals surface area (Å²) in [5.74, 6) is 0. The minimum atomic E-state index is -0.358. The van der Waals surface area contributed by atoms with Crippen LogP contribution in [0.25, 0.3) is 0 Å². The highest BCUT2D eigenvalue weighted by Crippen LogP contribution is 2.04. The van der Waals surface area contributed by atoms with Gasteiger partial charge in [-0.1, -0.05) is 0 Å². The predicted molar refractivity (Wildman–Crippen MR) is 33.7 cm³/mol. The molecule has 0 aromatic carbocycles. The highest BCUT2D eigenvalue weighted by Gasteiger charge is 2.20. The third kappa shape index (κ3) is 1.32. The van der Waals surface area contributed by atoms with E-state index >= 15 is 0 Å². The average molecular weight is 129 g/mol. The number of nitrogens with two attached hydrogens (primary N) is 2. The second-order valence-electron chi connectivity index (χ2n) is 2.33. The van der Waals surface area contributed by atoms with Crippen LogP contribution in [0.15, 0.2) is 0 Å². The largest absolute Gasteiger partial charge is 0.351 e. The van der Waals surface area contributed by atoms with Crippen molar-refractivity contribution in [2.24, 2.45) is 11.5 Å². The zero-order valence-electron chi connectivity index (χ0n) is 5.21. The molecule has 9 heavy (non-hydrogen) atoms. The van der Waals surface area contributed by atoms with Crippen molar-refractivity contribution >= 4 is 6.03 Å². The van der Waals surface area contributed by atoms with Crippen molar-refractivity contribution in [1.82, 2.24) is 4.90 Å². The van der Waals surface area contributed by atoms with Gasteiger partial charge in [0.15, 0.2) is 0 Å². The maximum Gasteiger partial charge on any atom is 0.314 e. The number of carbonyl (C=O) groups excluding carboxylic acids is 1. The van der Waals surface area contributed by atoms with Crippen molar-refractivity contribution in [2.75, 3.05) is 13.1 Å². The summed E-state index contributed by atoms with van der Waals surface area (Å²) in [6.45, 7) is 1.34. The van der Waals surface area contributed by atoms with Gasteiger partial charge in [-0.15, -0.1) is 0 Å². The molecular weight excluding hydrogens is 118 g/mol. The molecule has 0 aromatic rings. The SMILES string of the molecule is NC(=O)N1CC[C@@H](N)C1. The summed E-state index contributed by atoms with van der Waals surface area (Å²) >= 11 is 0. The molecule has 0 saturated carbocycles. The monoisotopic (exact) mass is 129 g/mol. The molecule has 0 bridgehead atoms. The maximum absolute atomic E-state index is 10.4. The van der Waals surface area contributed by atoms with Crippen molar-refractivity contribution in [3.63, 3.8) is 0 Å². The summed E-state index contributed by atoms with van der Waals surface area (Å²) < 4.78 is 0. The molecule has 1 atom stereocenters. The molecule has 52 valence electrons. The Morgan fingerprint density at radius 2 is 2.33 bits per heavy atom. The molecule has 0 spiro atoms. The summed E-state index contributed by atoms with van der Waals surface area (Å²) in [4.78, 5) is 12.0. The molecule has 1 rings (SSSR count). The third-order valence-corrected chi connectivity index (χ3v) is 1.54. The van der Waals surface area contributed by atoms with E-state index in [4.69, 9.17) is 11.5 Å². The Hall–Kier alpha value is -0.770. The second-order valence-corrected chi connectivity index (χ2v) is 2.33. The topological polar surface area (TPSA) is 72.4 Å². The molecule has 0 aliphatic carbocycles. The lowest BCUT2D eigenvalue weighted by Gasteiger charge is -2.10. The number of nitrogens with zero attached hydrogens (tertiary/aromatic N) is 1. The lowest BCUT2D eigenvalue weighted by molar-refractivity contribution is 0.218. The number of urea groups is 1. The Kier molecular flexibility index (Phi) is 1.57. The molecule has 1 fully saturated rings. The lowest BCUT2D eigenvalue weighted by Crippen LogP contribution is -2.35. The van der Waals surface area contributed by atoms with Gasteiger partial charge in [-0.3, -0.25) is 0 Å². The first-order valence-corrected chi connectivity index (χ1v) is 3.00. The van der Waals surface area contributed by atoms with E-state index in [1.807, 2.05) is 0 Å². The van der Waals surface area contributed by atoms with Gasteiger partial charge in [-0.25, -0.2) is 4.79 Å². The van der Waals surface area contributed by atoms with Gasteiger partial charge in [-0.2, -0.15) is 0 Å². The van der Waals surface area contributed by atoms with E-state index in [1.165, 1.54) is 0 Å². The van der Waals surface area contributed by atoms with Gasteiger partial charge in [0.1, 0.15) is 0 Å². The Morgan fingerprint density at radius 3 is 2.56 bits per heavy atom. The highest BCUT2D eigenvalue weighted by molar-refractivity contribution is 5.72. The van der Waals surface area contributed by atoms with Gasteiger partial charge in [-0.05, 0) is 6.42 Å². The normalized spacial score (nSPS) is 26.8. The Morgan fingerprint density at radius 1 is 1.67 bits per heavy atom. The zero-order chi connectivity index (χ0) is 6.85. The number of likely N-dealkylation sites (tertiary alicyclic amines) is 1. The Labute approximate surface area is 53.8 Å². The van der Waals surface area contributed by atoms with E-state index < -0.39 is 0 Å². The molecule has 0 radical (unpaired) electrons. The number of primary amides is 1. The third-order valence-electron chi connectivity index (χ3n) is 1.54. The average Bonchev–Trinajstić information content (AvgIpc) is 2.14. The van der Waals surface area contributed by atoms with E-state index in [0.29, 0.717) is 6.54 Å². The summed E-state index contributed by atoms with van der Waals surface area (Å²) in [7, 11) is 0. The van der Waals surface area contributed by atoms with Gasteiger partial charge in [0.05, 0.1) is 0 Å². The molecule has 1 heterocycles. The molecule has 1 aliphatic rings. The fourth-order valence-corrected chi connectivity index (χ4v) is 0.987. The molecule has 4 heteroatoms. The summed E-state index contributed by atoms with van der Waals surface area (Å²) in [6.07, 6.45) is 0.878. The number of rotatable bonds is 0. The molecule has 4 N–H and O–H groups in total. The van der Waals surface area contributed by atoms with Crippen LogP contribution < -0.4 is 11.5 Å². The van der Waals surface area contributed by atoms with Gasteiger partial charge in [0, 0.05) is 19.1 Å². The van der Waals surface area contributed by atoms with Crippen LogP contribution in [0.3, 0.4) is 0 Å². The van der Waals surface area contributed by atoms with Gasteiger partial charge in [0.25, 0.3) is 0 Å². The first-order valence-electron chi connectivity index (χ1n) is 3.00. The summed E-state index contributed by atoms with van der Waals surface area (Å²) in [5.41, 5.74) is 10.5. The fourth-order valence-electron chi connectivity index (χ4n) is 0.987. The van der Waals surface area contributed by atoms with Gasteiger partial charge < -0.3 is 16.4 Å². The van der Waals surface area contributed by atoms with Crippen LogP contribution in [0.5, 0.6) is 0 Å². The van der Waals surface area contributed by atoms with Crippen LogP contribution in [0.4, 0.5) is 4.79 Å². The van der Waals surface area contributed by atoms with E-state index in [-0.39, 0.29) is 12.1 Å². The molecule has 0 aromatic heterocycles. The van der Waals surface area contributed by atoms with Crippen LogP contribution in [0.2, 0.25) is 0 Å². The predicted octanol–water partition coefficient (Wildman–Crippen LogP) is -0.902. The molecular formula is C5H11N3O. The van der Waals surface area contributed by atoms with Gasteiger partial charge in [0.2, 0.25) is 0 Å². The van der Waals surface area contributed by atoms with Gasteiger partial charge >= 0.3 is 6.03 Å². The number of hydrogen-bond acceptors (Lipinski definition) is 2. The summed E-state index contributed by atoms with van der Waals surface area (Å²) in [6, 6.07) is -0.222. The minimum Gasteiger partial charge on any atom is -0.351 e. The lowest BCUT2D eigenvalue weighted by atomic mass is 10.3. The zero-order valence-corrected chi connectivity index (χ0v) is 5.21. The Bertz CT molecular complexity index is 125. The Balaban J connectivity index is 2.39. The minimum absolute atomic E-state index is 0.137. The van der Waals surface area contributed by atoms with Crippen LogP contribution in [0.1, 0.15) is 6.42 Å². The molecule has 0 unspecified atom stereocenters. The maximum atomic E-state index is 10.4. The van der Waals surface area contributed by atoms with Crippen molar-refractivity contribution in [1.29, 1.82) is 0 Å². The van der Waals surface area contributed by atoms with Crippen LogP contribution in [-0.4, -0.2) is 30.1 Å². The molecule has 1 aliphatic heterocycles. The molecule has 2 amide bonds. The second kappa shape index (κ2) is 2.23. The van der Waals surface area contributed by atoms with E-state index in [1.54, 1.807) is 4.90 Å². The van der Waals surface area contributed by atoms with Crippen LogP contribution in [0, 0.1) is 0 Å². The molecule has 4 nitrogen and oxygen atoms in total. The standard InChI is InChI=1S/C5H11N3O/c6-4-1-2-8(3-4)5(7)9/h4H,1-3,6H2,(H2,7,9)/t4-/m1/s1. The first kappa shape index (κ1) is 6.35. The quantitative estimate of drug-likeness (QED) is 0.445. The smallest absolute Gasteiger partial charge is 0.314 e. The van der Waals surface area contributed by atoms with Crippen LogP contribution in [-0.2, 0) is 0 Å². The first-order chi connectivity index (χ1) is 4.20. The summed E-state index contributed by atoms with van der Waals surface area (Å²) in [5, 5.41) is 0. The van der Waals surface area contributed by atoms with Crippen LogP contribution >= 0.6 is 0 Å². The number of amides is 2.